The Labute approximate surface area is 70.0 Å². The molecule has 3 N–H and O–H groups in total. The molecule has 0 radical (unpaired) electrons. The van der Waals surface area contributed by atoms with Crippen LogP contribution in [0.1, 0.15) is 13.3 Å². The van der Waals surface area contributed by atoms with Crippen LogP contribution in [-0.4, -0.2) is 28.3 Å². The van der Waals surface area contributed by atoms with Gasteiger partial charge in [0, 0.05) is 6.04 Å². The maximum Gasteiger partial charge on any atom is 0.326 e. The first kappa shape index (κ1) is 8.26. The second-order valence-corrected chi connectivity index (χ2v) is 3.05. The average Bonchev–Trinajstić information content (AvgIpc) is 1.85. The number of hydrogen-bond acceptors (Lipinski definition) is 2. The minimum absolute atomic E-state index is 0.143. The Bertz CT molecular complexity index is 195. The van der Waals surface area contributed by atoms with Crippen molar-refractivity contribution >= 4 is 23.3 Å². The summed E-state index contributed by atoms with van der Waals surface area (Å²) in [5.74, 6) is -0.847. The van der Waals surface area contributed by atoms with Crippen LogP contribution in [0.3, 0.4) is 0 Å². The standard InChI is InChI=1S/C6H10N2O2S/c1-3-2-4(5(9)10)8-6(11)7-3/h3-4H,2H2,1H3,(H,9,10)(H2,7,8,11). The first-order chi connectivity index (χ1) is 5.09. The molecule has 0 aromatic heterocycles. The van der Waals surface area contributed by atoms with E-state index < -0.39 is 12.0 Å². The summed E-state index contributed by atoms with van der Waals surface area (Å²) in [6, 6.07) is -0.386. The molecule has 2 unspecified atom stereocenters. The lowest BCUT2D eigenvalue weighted by atomic mass is 10.1. The Kier molecular flexibility index (Phi) is 2.28. The van der Waals surface area contributed by atoms with Gasteiger partial charge in [0.2, 0.25) is 0 Å². The molecule has 0 saturated carbocycles. The normalized spacial score (nSPS) is 30.5. The monoisotopic (exact) mass is 174 g/mol. The molecule has 62 valence electrons. The van der Waals surface area contributed by atoms with Gasteiger partial charge in [-0.2, -0.15) is 0 Å². The van der Waals surface area contributed by atoms with E-state index >= 15 is 0 Å². The third-order valence-electron chi connectivity index (χ3n) is 1.57. The molecule has 0 spiro atoms. The molecule has 0 aromatic carbocycles. The highest BCUT2D eigenvalue weighted by atomic mass is 32.1. The maximum absolute atomic E-state index is 10.5. The lowest BCUT2D eigenvalue weighted by molar-refractivity contribution is -0.139. The minimum Gasteiger partial charge on any atom is -0.480 e. The predicted octanol–water partition coefficient (Wildman–Crippen LogP) is -0.304. The molecule has 1 aliphatic rings. The SMILES string of the molecule is CC1CC(C(=O)O)NC(=S)N1. The van der Waals surface area contributed by atoms with E-state index in [1.165, 1.54) is 0 Å². The van der Waals surface area contributed by atoms with Gasteiger partial charge >= 0.3 is 5.97 Å². The number of nitrogens with one attached hydrogen (secondary N) is 2. The van der Waals surface area contributed by atoms with E-state index in [0.717, 1.165) is 0 Å². The van der Waals surface area contributed by atoms with Crippen LogP contribution >= 0.6 is 12.2 Å². The van der Waals surface area contributed by atoms with Crippen LogP contribution < -0.4 is 10.6 Å². The molecule has 11 heavy (non-hydrogen) atoms. The maximum atomic E-state index is 10.5. The zero-order valence-corrected chi connectivity index (χ0v) is 6.94. The third kappa shape index (κ3) is 2.04. The van der Waals surface area contributed by atoms with Gasteiger partial charge in [0.15, 0.2) is 5.11 Å². The number of carboxylic acid groups (broad SMARTS) is 1. The summed E-state index contributed by atoms with van der Waals surface area (Å²) in [6.45, 7) is 1.91. The summed E-state index contributed by atoms with van der Waals surface area (Å²) >= 11 is 4.79. The van der Waals surface area contributed by atoms with E-state index in [4.69, 9.17) is 17.3 Å². The van der Waals surface area contributed by atoms with Crippen LogP contribution in [0.25, 0.3) is 0 Å². The Morgan fingerprint density at radius 3 is 2.82 bits per heavy atom. The lowest BCUT2D eigenvalue weighted by Crippen LogP contribution is -2.55. The fourth-order valence-electron chi connectivity index (χ4n) is 1.06. The summed E-state index contributed by atoms with van der Waals surface area (Å²) in [4.78, 5) is 10.5. The molecule has 1 rings (SSSR count). The van der Waals surface area contributed by atoms with E-state index in [0.29, 0.717) is 11.5 Å². The highest BCUT2D eigenvalue weighted by molar-refractivity contribution is 7.80. The molecule has 0 aromatic rings. The predicted molar refractivity (Wildman–Crippen MR) is 44.4 cm³/mol. The summed E-state index contributed by atoms with van der Waals surface area (Å²) in [6.07, 6.45) is 0.565. The second kappa shape index (κ2) is 3.04. The quantitative estimate of drug-likeness (QED) is 0.476. The topological polar surface area (TPSA) is 61.4 Å². The fraction of sp³-hybridized carbons (Fsp3) is 0.667. The van der Waals surface area contributed by atoms with Gasteiger partial charge in [0.25, 0.3) is 0 Å². The molecule has 2 atom stereocenters. The fourth-order valence-corrected chi connectivity index (χ4v) is 1.40. The van der Waals surface area contributed by atoms with Crippen LogP contribution in [0.5, 0.6) is 0 Å². The highest BCUT2D eigenvalue weighted by Crippen LogP contribution is 2.03. The molecule has 0 amide bonds. The highest BCUT2D eigenvalue weighted by Gasteiger charge is 2.25. The van der Waals surface area contributed by atoms with Crippen molar-refractivity contribution in [2.45, 2.75) is 25.4 Å². The molecule has 0 aliphatic carbocycles. The molecule has 1 heterocycles. The first-order valence-corrected chi connectivity index (χ1v) is 3.80. The van der Waals surface area contributed by atoms with Crippen molar-refractivity contribution in [1.82, 2.24) is 10.6 Å². The lowest BCUT2D eigenvalue weighted by Gasteiger charge is -2.28. The Balaban J connectivity index is 2.56. The number of aliphatic carboxylic acids is 1. The molecule has 0 bridgehead atoms. The van der Waals surface area contributed by atoms with Gasteiger partial charge in [-0.15, -0.1) is 0 Å². The first-order valence-electron chi connectivity index (χ1n) is 3.39. The Morgan fingerprint density at radius 1 is 1.73 bits per heavy atom. The number of thiocarbonyl (C=S) groups is 1. The van der Waals surface area contributed by atoms with Crippen LogP contribution in [0.2, 0.25) is 0 Å². The van der Waals surface area contributed by atoms with E-state index in [1.54, 1.807) is 0 Å². The van der Waals surface area contributed by atoms with E-state index in [9.17, 15) is 4.79 Å². The van der Waals surface area contributed by atoms with Crippen LogP contribution in [0, 0.1) is 0 Å². The Hall–Kier alpha value is -0.840. The van der Waals surface area contributed by atoms with Crippen molar-refractivity contribution < 1.29 is 9.90 Å². The second-order valence-electron chi connectivity index (χ2n) is 2.65. The summed E-state index contributed by atoms with van der Waals surface area (Å²) < 4.78 is 0. The molecule has 1 aliphatic heterocycles. The van der Waals surface area contributed by atoms with Gasteiger partial charge < -0.3 is 15.7 Å². The van der Waals surface area contributed by atoms with Crippen LogP contribution in [0.4, 0.5) is 0 Å². The van der Waals surface area contributed by atoms with E-state index in [2.05, 4.69) is 10.6 Å². The number of hydrogen-bond donors (Lipinski definition) is 3. The molecule has 1 saturated heterocycles. The van der Waals surface area contributed by atoms with E-state index in [1.807, 2.05) is 6.92 Å². The number of carbonyl (C=O) groups is 1. The van der Waals surface area contributed by atoms with Crippen molar-refractivity contribution in [3.8, 4) is 0 Å². The van der Waals surface area contributed by atoms with Gasteiger partial charge in [-0.25, -0.2) is 4.79 Å². The van der Waals surface area contributed by atoms with Gasteiger partial charge in [0.05, 0.1) is 0 Å². The van der Waals surface area contributed by atoms with Gasteiger partial charge in [-0.1, -0.05) is 0 Å². The average molecular weight is 174 g/mol. The zero-order chi connectivity index (χ0) is 8.43. The van der Waals surface area contributed by atoms with Crippen LogP contribution in [0.15, 0.2) is 0 Å². The van der Waals surface area contributed by atoms with Crippen molar-refractivity contribution in [2.24, 2.45) is 0 Å². The van der Waals surface area contributed by atoms with Gasteiger partial charge in [-0.05, 0) is 25.6 Å². The van der Waals surface area contributed by atoms with Crippen molar-refractivity contribution in [2.75, 3.05) is 0 Å². The van der Waals surface area contributed by atoms with Crippen LogP contribution in [-0.2, 0) is 4.79 Å². The molecular formula is C6H10N2O2S. The van der Waals surface area contributed by atoms with Gasteiger partial charge in [-0.3, -0.25) is 0 Å². The molecule has 5 heteroatoms. The van der Waals surface area contributed by atoms with E-state index in [-0.39, 0.29) is 6.04 Å². The van der Waals surface area contributed by atoms with Crippen molar-refractivity contribution in [3.05, 3.63) is 0 Å². The molecule has 4 nitrogen and oxygen atoms in total. The largest absolute Gasteiger partial charge is 0.480 e. The zero-order valence-electron chi connectivity index (χ0n) is 6.13. The third-order valence-corrected chi connectivity index (χ3v) is 1.81. The minimum atomic E-state index is -0.847. The number of rotatable bonds is 1. The smallest absolute Gasteiger partial charge is 0.326 e. The summed E-state index contributed by atoms with van der Waals surface area (Å²) in [5.41, 5.74) is 0. The molecular weight excluding hydrogens is 164 g/mol. The van der Waals surface area contributed by atoms with Crippen molar-refractivity contribution in [1.29, 1.82) is 0 Å². The Morgan fingerprint density at radius 2 is 2.36 bits per heavy atom. The number of carboxylic acids is 1. The van der Waals surface area contributed by atoms with Gasteiger partial charge in [0.1, 0.15) is 6.04 Å². The summed E-state index contributed by atoms with van der Waals surface area (Å²) in [5, 5.41) is 14.6. The summed E-state index contributed by atoms with van der Waals surface area (Å²) in [7, 11) is 0. The molecule has 1 fully saturated rings. The van der Waals surface area contributed by atoms with Crippen molar-refractivity contribution in [3.63, 3.8) is 0 Å².